The Morgan fingerprint density at radius 2 is 1.92 bits per heavy atom. The number of hydrogen-bond acceptors (Lipinski definition) is 1. The van der Waals surface area contributed by atoms with Gasteiger partial charge in [0.05, 0.1) is 6.10 Å². The Balaban J connectivity index is 2.63. The highest BCUT2D eigenvalue weighted by Gasteiger charge is 2.31. The number of hydrogen-bond donors (Lipinski definition) is 1. The van der Waals surface area contributed by atoms with Gasteiger partial charge < -0.3 is 5.11 Å². The topological polar surface area (TPSA) is 20.2 Å². The van der Waals surface area contributed by atoms with Gasteiger partial charge in [-0.1, -0.05) is 25.5 Å². The molecule has 0 heterocycles. The van der Waals surface area contributed by atoms with E-state index in [1.54, 1.807) is 0 Å². The van der Waals surface area contributed by atoms with Crippen molar-refractivity contribution in [3.63, 3.8) is 0 Å². The quantitative estimate of drug-likeness (QED) is 0.618. The third-order valence-electron chi connectivity index (χ3n) is 2.75. The molecule has 1 saturated carbocycles. The molecule has 1 rings (SSSR count). The minimum atomic E-state index is -0.0932. The molecule has 0 aliphatic heterocycles. The molecule has 76 valence electrons. The molecule has 1 heteroatoms. The van der Waals surface area contributed by atoms with Crippen LogP contribution in [0, 0.1) is 11.3 Å². The number of aliphatic hydroxyl groups excluding tert-OH is 1. The zero-order chi connectivity index (χ0) is 10.1. The number of rotatable bonds is 1. The van der Waals surface area contributed by atoms with Crippen LogP contribution in [0.2, 0.25) is 0 Å². The maximum atomic E-state index is 9.70. The van der Waals surface area contributed by atoms with Crippen LogP contribution in [0.5, 0.6) is 0 Å². The third kappa shape index (κ3) is 3.51. The fourth-order valence-corrected chi connectivity index (χ4v) is 2.55. The highest BCUT2D eigenvalue weighted by Crippen LogP contribution is 2.39. The summed E-state index contributed by atoms with van der Waals surface area (Å²) in [5.74, 6) is 0.587. The molecule has 0 spiro atoms. The fraction of sp³-hybridized carbons (Fsp3) is 0.833. The Labute approximate surface area is 81.9 Å². The second kappa shape index (κ2) is 3.83. The largest absolute Gasteiger partial charge is 0.393 e. The normalized spacial score (nSPS) is 32.7. The molecule has 1 aliphatic rings. The maximum absolute atomic E-state index is 9.70. The summed E-state index contributed by atoms with van der Waals surface area (Å²) < 4.78 is 0. The molecule has 0 aromatic rings. The van der Waals surface area contributed by atoms with E-state index in [0.29, 0.717) is 11.3 Å². The zero-order valence-corrected chi connectivity index (χ0v) is 9.30. The monoisotopic (exact) mass is 182 g/mol. The summed E-state index contributed by atoms with van der Waals surface area (Å²) in [4.78, 5) is 0. The predicted octanol–water partition coefficient (Wildman–Crippen LogP) is 3.14. The number of aliphatic hydroxyl groups is 1. The van der Waals surface area contributed by atoms with Crippen LogP contribution < -0.4 is 0 Å². The molecule has 13 heavy (non-hydrogen) atoms. The Kier molecular flexibility index (Phi) is 3.18. The van der Waals surface area contributed by atoms with Gasteiger partial charge in [-0.15, -0.1) is 0 Å². The molecule has 0 saturated heterocycles. The summed E-state index contributed by atoms with van der Waals surface area (Å²) in [7, 11) is 0. The van der Waals surface area contributed by atoms with Crippen molar-refractivity contribution in [2.45, 2.75) is 53.1 Å². The van der Waals surface area contributed by atoms with Crippen molar-refractivity contribution in [2.24, 2.45) is 11.3 Å². The Bertz CT molecular complexity index is 199. The number of allylic oxidation sites excluding steroid dienone is 2. The first-order valence-corrected chi connectivity index (χ1v) is 5.22. The Morgan fingerprint density at radius 1 is 1.31 bits per heavy atom. The molecule has 0 amide bonds. The van der Waals surface area contributed by atoms with Gasteiger partial charge in [0.2, 0.25) is 0 Å². The van der Waals surface area contributed by atoms with Crippen LogP contribution in [0.4, 0.5) is 0 Å². The molecule has 0 radical (unpaired) electrons. The van der Waals surface area contributed by atoms with Crippen molar-refractivity contribution >= 4 is 0 Å². The smallest absolute Gasteiger partial charge is 0.0551 e. The van der Waals surface area contributed by atoms with Crippen molar-refractivity contribution in [3.8, 4) is 0 Å². The summed E-state index contributed by atoms with van der Waals surface area (Å²) in [5, 5.41) is 9.70. The van der Waals surface area contributed by atoms with Crippen LogP contribution in [0.1, 0.15) is 47.0 Å². The summed E-state index contributed by atoms with van der Waals surface area (Å²) in [6.45, 7) is 8.77. The molecule has 1 nitrogen and oxygen atoms in total. The van der Waals surface area contributed by atoms with Gasteiger partial charge in [-0.05, 0) is 44.4 Å². The minimum Gasteiger partial charge on any atom is -0.393 e. The van der Waals surface area contributed by atoms with Crippen LogP contribution in [0.3, 0.4) is 0 Å². The Morgan fingerprint density at radius 3 is 2.38 bits per heavy atom. The second-order valence-corrected chi connectivity index (χ2v) is 5.47. The molecule has 0 bridgehead atoms. The molecular weight excluding hydrogens is 160 g/mol. The standard InChI is InChI=1S/C12H22O/c1-9(2)5-10-6-11(13)8-12(3,4)7-10/h5,10-11,13H,6-8H2,1-4H3. The van der Waals surface area contributed by atoms with Gasteiger partial charge >= 0.3 is 0 Å². The molecule has 0 aromatic carbocycles. The van der Waals surface area contributed by atoms with Gasteiger partial charge in [-0.2, -0.15) is 0 Å². The summed E-state index contributed by atoms with van der Waals surface area (Å²) in [5.41, 5.74) is 1.68. The zero-order valence-electron chi connectivity index (χ0n) is 9.30. The predicted molar refractivity (Wildman–Crippen MR) is 56.6 cm³/mol. The first-order valence-electron chi connectivity index (χ1n) is 5.22. The van der Waals surface area contributed by atoms with Gasteiger partial charge in [0.15, 0.2) is 0 Å². The van der Waals surface area contributed by atoms with Crippen LogP contribution in [0.25, 0.3) is 0 Å². The summed E-state index contributed by atoms with van der Waals surface area (Å²) >= 11 is 0. The lowest BCUT2D eigenvalue weighted by molar-refractivity contribution is 0.0465. The molecule has 1 fully saturated rings. The van der Waals surface area contributed by atoms with E-state index in [9.17, 15) is 5.11 Å². The van der Waals surface area contributed by atoms with Crippen molar-refractivity contribution in [1.82, 2.24) is 0 Å². The Hall–Kier alpha value is -0.300. The summed E-state index contributed by atoms with van der Waals surface area (Å²) in [6.07, 6.45) is 5.35. The SMILES string of the molecule is CC(C)=CC1CC(O)CC(C)(C)C1. The van der Waals surface area contributed by atoms with Crippen LogP contribution >= 0.6 is 0 Å². The van der Waals surface area contributed by atoms with Gasteiger partial charge in [0, 0.05) is 0 Å². The highest BCUT2D eigenvalue weighted by molar-refractivity contribution is 5.01. The fourth-order valence-electron chi connectivity index (χ4n) is 2.55. The first kappa shape index (κ1) is 10.8. The third-order valence-corrected chi connectivity index (χ3v) is 2.75. The van der Waals surface area contributed by atoms with Crippen molar-refractivity contribution in [2.75, 3.05) is 0 Å². The van der Waals surface area contributed by atoms with Crippen LogP contribution in [-0.4, -0.2) is 11.2 Å². The van der Waals surface area contributed by atoms with Crippen LogP contribution in [0.15, 0.2) is 11.6 Å². The lowest BCUT2D eigenvalue weighted by atomic mass is 9.70. The van der Waals surface area contributed by atoms with Crippen molar-refractivity contribution in [3.05, 3.63) is 11.6 Å². The average Bonchev–Trinajstić information content (AvgIpc) is 1.78. The molecular formula is C12H22O. The minimum absolute atomic E-state index is 0.0932. The van der Waals surface area contributed by atoms with Gasteiger partial charge in [0.1, 0.15) is 0 Å². The van der Waals surface area contributed by atoms with E-state index < -0.39 is 0 Å². The van der Waals surface area contributed by atoms with E-state index in [4.69, 9.17) is 0 Å². The van der Waals surface area contributed by atoms with Crippen LogP contribution in [-0.2, 0) is 0 Å². The van der Waals surface area contributed by atoms with Gasteiger partial charge in [-0.25, -0.2) is 0 Å². The van der Waals surface area contributed by atoms with E-state index >= 15 is 0 Å². The van der Waals surface area contributed by atoms with Gasteiger partial charge in [0.25, 0.3) is 0 Å². The molecule has 2 unspecified atom stereocenters. The van der Waals surface area contributed by atoms with Crippen molar-refractivity contribution in [1.29, 1.82) is 0 Å². The molecule has 1 aliphatic carbocycles. The maximum Gasteiger partial charge on any atom is 0.0551 e. The first-order chi connectivity index (χ1) is 5.89. The molecule has 2 atom stereocenters. The van der Waals surface area contributed by atoms with E-state index in [0.717, 1.165) is 12.8 Å². The second-order valence-electron chi connectivity index (χ2n) is 5.47. The van der Waals surface area contributed by atoms with Crippen molar-refractivity contribution < 1.29 is 5.11 Å². The lowest BCUT2D eigenvalue weighted by Gasteiger charge is -2.37. The van der Waals surface area contributed by atoms with E-state index in [-0.39, 0.29) is 6.10 Å². The van der Waals surface area contributed by atoms with E-state index in [2.05, 4.69) is 33.8 Å². The summed E-state index contributed by atoms with van der Waals surface area (Å²) in [6, 6.07) is 0. The highest BCUT2D eigenvalue weighted by atomic mass is 16.3. The molecule has 0 aromatic heterocycles. The molecule has 1 N–H and O–H groups in total. The lowest BCUT2D eigenvalue weighted by Crippen LogP contribution is -2.31. The van der Waals surface area contributed by atoms with E-state index in [1.807, 2.05) is 0 Å². The average molecular weight is 182 g/mol. The van der Waals surface area contributed by atoms with Gasteiger partial charge in [-0.3, -0.25) is 0 Å². The van der Waals surface area contributed by atoms with E-state index in [1.165, 1.54) is 12.0 Å².